The van der Waals surface area contributed by atoms with Crippen LogP contribution in [0.4, 0.5) is 5.69 Å². The third-order valence-corrected chi connectivity index (χ3v) is 10.6. The van der Waals surface area contributed by atoms with Crippen LogP contribution in [0.25, 0.3) is 0 Å². The van der Waals surface area contributed by atoms with Crippen molar-refractivity contribution in [3.63, 3.8) is 0 Å². The zero-order chi connectivity index (χ0) is 32.6. The molecule has 4 aromatic rings. The van der Waals surface area contributed by atoms with E-state index in [9.17, 15) is 18.0 Å². The van der Waals surface area contributed by atoms with Crippen molar-refractivity contribution in [3.05, 3.63) is 128 Å². The fourth-order valence-electron chi connectivity index (χ4n) is 4.70. The van der Waals surface area contributed by atoms with E-state index in [-0.39, 0.29) is 29.8 Å². The van der Waals surface area contributed by atoms with E-state index < -0.39 is 28.5 Å². The number of sulfonamides is 1. The molecule has 11 heteroatoms. The maximum absolute atomic E-state index is 14.5. The molecule has 0 fully saturated rings. The van der Waals surface area contributed by atoms with Gasteiger partial charge in [0.05, 0.1) is 10.6 Å². The smallest absolute Gasteiger partial charge is 0.264 e. The van der Waals surface area contributed by atoms with Crippen LogP contribution in [0.5, 0.6) is 0 Å². The topological polar surface area (TPSA) is 86.8 Å². The molecule has 0 aliphatic rings. The first-order valence-corrected chi connectivity index (χ1v) is 17.7. The van der Waals surface area contributed by atoms with Crippen molar-refractivity contribution in [1.29, 1.82) is 0 Å². The first-order valence-electron chi connectivity index (χ1n) is 14.4. The van der Waals surface area contributed by atoms with Crippen LogP contribution < -0.4 is 9.62 Å². The summed E-state index contributed by atoms with van der Waals surface area (Å²) in [6.07, 6.45) is 0.871. The van der Waals surface area contributed by atoms with E-state index in [2.05, 4.69) is 27.9 Å². The van der Waals surface area contributed by atoms with E-state index in [1.165, 1.54) is 17.0 Å². The Labute approximate surface area is 288 Å². The molecule has 0 aliphatic carbocycles. The standard InChI is InChI=1S/C34H34Cl2IN3O4S/c1-3-24(2)38-34(42)32(21-25-11-6-4-7-12-25)39(22-29-30(35)15-10-16-31(29)36)33(41)23-40(27-19-17-26(37)18-20-27)45(43,44)28-13-8-5-9-14-28/h4-20,24,32H,3,21-23H2,1-2H3,(H,38,42)/t24-,32+/m1/s1. The number of amides is 2. The van der Waals surface area contributed by atoms with Crippen LogP contribution in [-0.2, 0) is 32.6 Å². The molecule has 0 aromatic heterocycles. The fourth-order valence-corrected chi connectivity index (χ4v) is 7.02. The Kier molecular flexibility index (Phi) is 12.3. The van der Waals surface area contributed by atoms with E-state index in [0.717, 1.165) is 13.4 Å². The quantitative estimate of drug-likeness (QED) is 0.144. The molecule has 0 unspecified atom stereocenters. The molecule has 0 heterocycles. The summed E-state index contributed by atoms with van der Waals surface area (Å²) in [5.41, 5.74) is 1.60. The number of anilines is 1. The fraction of sp³-hybridized carbons (Fsp3) is 0.235. The highest BCUT2D eigenvalue weighted by atomic mass is 127. The monoisotopic (exact) mass is 777 g/mol. The van der Waals surface area contributed by atoms with E-state index in [4.69, 9.17) is 23.2 Å². The van der Waals surface area contributed by atoms with Gasteiger partial charge in [0, 0.05) is 38.2 Å². The Bertz CT molecular complexity index is 1690. The van der Waals surface area contributed by atoms with Gasteiger partial charge in [-0.1, -0.05) is 84.7 Å². The maximum Gasteiger partial charge on any atom is 0.264 e. The molecule has 236 valence electrons. The minimum atomic E-state index is -4.18. The summed E-state index contributed by atoms with van der Waals surface area (Å²) in [6.45, 7) is 3.16. The van der Waals surface area contributed by atoms with Crippen LogP contribution in [0.3, 0.4) is 0 Å². The molecule has 4 rings (SSSR count). The van der Waals surface area contributed by atoms with Gasteiger partial charge in [-0.05, 0) is 90.0 Å². The number of hydrogen-bond acceptors (Lipinski definition) is 4. The van der Waals surface area contributed by atoms with E-state index in [1.54, 1.807) is 60.7 Å². The predicted octanol–water partition coefficient (Wildman–Crippen LogP) is 7.35. The van der Waals surface area contributed by atoms with Gasteiger partial charge in [0.2, 0.25) is 11.8 Å². The molecule has 0 saturated carbocycles. The number of benzene rings is 4. The van der Waals surface area contributed by atoms with Crippen LogP contribution >= 0.6 is 45.8 Å². The van der Waals surface area contributed by atoms with Crippen LogP contribution in [0.15, 0.2) is 108 Å². The lowest BCUT2D eigenvalue weighted by Crippen LogP contribution is -2.54. The predicted molar refractivity (Wildman–Crippen MR) is 189 cm³/mol. The van der Waals surface area contributed by atoms with Gasteiger partial charge < -0.3 is 10.2 Å². The van der Waals surface area contributed by atoms with Crippen LogP contribution in [-0.4, -0.2) is 43.8 Å². The highest BCUT2D eigenvalue weighted by molar-refractivity contribution is 14.1. The summed E-state index contributed by atoms with van der Waals surface area (Å²) >= 11 is 15.3. The van der Waals surface area contributed by atoms with Crippen molar-refractivity contribution in [1.82, 2.24) is 10.2 Å². The van der Waals surface area contributed by atoms with Crippen molar-refractivity contribution in [2.24, 2.45) is 0 Å². The Morgan fingerprint density at radius 2 is 1.42 bits per heavy atom. The molecule has 0 bridgehead atoms. The van der Waals surface area contributed by atoms with Crippen molar-refractivity contribution in [2.45, 2.75) is 50.2 Å². The Balaban J connectivity index is 1.83. The van der Waals surface area contributed by atoms with Gasteiger partial charge >= 0.3 is 0 Å². The Morgan fingerprint density at radius 1 is 0.844 bits per heavy atom. The van der Waals surface area contributed by atoms with E-state index in [0.29, 0.717) is 27.7 Å². The molecule has 2 amide bonds. The largest absolute Gasteiger partial charge is 0.352 e. The third kappa shape index (κ3) is 9.00. The molecule has 2 atom stereocenters. The number of carbonyl (C=O) groups is 2. The lowest BCUT2D eigenvalue weighted by molar-refractivity contribution is -0.140. The Morgan fingerprint density at radius 3 is 2.00 bits per heavy atom. The normalized spacial score (nSPS) is 12.6. The third-order valence-electron chi connectivity index (χ3n) is 7.39. The number of carbonyl (C=O) groups excluding carboxylic acids is 2. The summed E-state index contributed by atoms with van der Waals surface area (Å²) in [4.78, 5) is 29.9. The minimum Gasteiger partial charge on any atom is -0.352 e. The number of nitrogens with zero attached hydrogens (tertiary/aromatic N) is 2. The van der Waals surface area contributed by atoms with Crippen molar-refractivity contribution in [2.75, 3.05) is 10.8 Å². The maximum atomic E-state index is 14.5. The molecular formula is C34H34Cl2IN3O4S. The van der Waals surface area contributed by atoms with Gasteiger partial charge in [-0.25, -0.2) is 8.42 Å². The summed E-state index contributed by atoms with van der Waals surface area (Å²) in [5.74, 6) is -0.958. The highest BCUT2D eigenvalue weighted by Gasteiger charge is 2.35. The lowest BCUT2D eigenvalue weighted by Gasteiger charge is -2.34. The van der Waals surface area contributed by atoms with Crippen LogP contribution in [0.2, 0.25) is 10.0 Å². The molecule has 7 nitrogen and oxygen atoms in total. The highest BCUT2D eigenvalue weighted by Crippen LogP contribution is 2.29. The van der Waals surface area contributed by atoms with Gasteiger partial charge in [-0.3, -0.25) is 13.9 Å². The molecular weight excluding hydrogens is 744 g/mol. The average Bonchev–Trinajstić information content (AvgIpc) is 3.04. The van der Waals surface area contributed by atoms with E-state index in [1.807, 2.05) is 44.2 Å². The first kappa shape index (κ1) is 34.7. The minimum absolute atomic E-state index is 0.0346. The van der Waals surface area contributed by atoms with Crippen LogP contribution in [0, 0.1) is 3.57 Å². The number of nitrogens with one attached hydrogen (secondary N) is 1. The molecule has 0 spiro atoms. The number of rotatable bonds is 13. The number of halogens is 3. The second-order valence-electron chi connectivity index (χ2n) is 10.5. The summed E-state index contributed by atoms with van der Waals surface area (Å²) < 4.78 is 30.1. The lowest BCUT2D eigenvalue weighted by atomic mass is 10.0. The molecule has 0 radical (unpaired) electrons. The zero-order valence-electron chi connectivity index (χ0n) is 24.9. The van der Waals surface area contributed by atoms with Crippen molar-refractivity contribution < 1.29 is 18.0 Å². The van der Waals surface area contributed by atoms with Crippen molar-refractivity contribution >= 4 is 73.3 Å². The average molecular weight is 779 g/mol. The van der Waals surface area contributed by atoms with Gasteiger partial charge in [0.1, 0.15) is 12.6 Å². The van der Waals surface area contributed by atoms with Gasteiger partial charge in [0.25, 0.3) is 10.0 Å². The van der Waals surface area contributed by atoms with Crippen LogP contribution in [0.1, 0.15) is 31.4 Å². The van der Waals surface area contributed by atoms with E-state index >= 15 is 0 Å². The SMILES string of the molecule is CC[C@@H](C)NC(=O)[C@H](Cc1ccccc1)N(Cc1c(Cl)cccc1Cl)C(=O)CN(c1ccc(I)cc1)S(=O)(=O)c1ccccc1. The molecule has 0 saturated heterocycles. The molecule has 1 N–H and O–H groups in total. The first-order chi connectivity index (χ1) is 21.5. The van der Waals surface area contributed by atoms with Crippen molar-refractivity contribution in [3.8, 4) is 0 Å². The summed E-state index contributed by atoms with van der Waals surface area (Å²) in [7, 11) is -4.18. The second-order valence-corrected chi connectivity index (χ2v) is 14.5. The summed E-state index contributed by atoms with van der Waals surface area (Å²) in [5, 5.41) is 3.67. The van der Waals surface area contributed by atoms with Gasteiger partial charge in [0.15, 0.2) is 0 Å². The van der Waals surface area contributed by atoms with Gasteiger partial charge in [-0.15, -0.1) is 0 Å². The molecule has 45 heavy (non-hydrogen) atoms. The molecule has 4 aromatic carbocycles. The molecule has 0 aliphatic heterocycles. The Hall–Kier alpha value is -3.12. The zero-order valence-corrected chi connectivity index (χ0v) is 29.4. The number of hydrogen-bond donors (Lipinski definition) is 1. The van der Waals surface area contributed by atoms with Gasteiger partial charge in [-0.2, -0.15) is 0 Å². The second kappa shape index (κ2) is 15.9. The summed E-state index contributed by atoms with van der Waals surface area (Å²) in [6, 6.07) is 28.0.